The van der Waals surface area contributed by atoms with Crippen molar-refractivity contribution in [3.8, 4) is 11.5 Å². The van der Waals surface area contributed by atoms with Crippen molar-refractivity contribution < 1.29 is 19.4 Å². The lowest BCUT2D eigenvalue weighted by atomic mass is 9.94. The summed E-state index contributed by atoms with van der Waals surface area (Å²) in [6, 6.07) is 17.8. The number of hydrogen-bond acceptors (Lipinski definition) is 6. The summed E-state index contributed by atoms with van der Waals surface area (Å²) in [5.41, 5.74) is 2.28. The van der Waals surface area contributed by atoms with Crippen LogP contribution in [0.15, 0.2) is 66.7 Å². The topological polar surface area (TPSA) is 110 Å². The van der Waals surface area contributed by atoms with Crippen molar-refractivity contribution >= 4 is 40.1 Å². The Kier molecular flexibility index (Phi) is 7.97. The highest BCUT2D eigenvalue weighted by Crippen LogP contribution is 2.35. The van der Waals surface area contributed by atoms with Gasteiger partial charge in [0.25, 0.3) is 0 Å². The van der Waals surface area contributed by atoms with Gasteiger partial charge in [-0.3, -0.25) is 14.5 Å². The standard InChI is InChI=1S/C29H30ClN5O4/c1-39-26-16-11-19(17-25(26)36)28(29(38)31-21-7-3-2-4-8-21)35(22-14-12-20(30)13-15-22)27(37)18-34-24-10-6-5-9-23(24)32-33-34/h5-6,9-17,21,28,36H,2-4,7-8,18H2,1H3,(H,31,38)/t28-/m0/s1. The van der Waals surface area contributed by atoms with Crippen LogP contribution >= 0.6 is 11.6 Å². The molecule has 5 rings (SSSR count). The first-order valence-corrected chi connectivity index (χ1v) is 13.4. The number of hydrogen-bond donors (Lipinski definition) is 2. The lowest BCUT2D eigenvalue weighted by molar-refractivity contribution is -0.127. The quantitative estimate of drug-likeness (QED) is 0.320. The molecule has 202 valence electrons. The first kappa shape index (κ1) is 26.5. The maximum absolute atomic E-state index is 14.1. The van der Waals surface area contributed by atoms with Crippen molar-refractivity contribution in [1.82, 2.24) is 20.3 Å². The monoisotopic (exact) mass is 547 g/mol. The minimum atomic E-state index is -1.08. The fourth-order valence-electron chi connectivity index (χ4n) is 5.10. The highest BCUT2D eigenvalue weighted by molar-refractivity contribution is 6.30. The summed E-state index contributed by atoms with van der Waals surface area (Å²) < 4.78 is 6.73. The van der Waals surface area contributed by atoms with Crippen molar-refractivity contribution in [2.45, 2.75) is 50.7 Å². The number of rotatable bonds is 8. The number of anilines is 1. The molecule has 2 N–H and O–H groups in total. The number of ether oxygens (including phenoxy) is 1. The maximum Gasteiger partial charge on any atom is 0.249 e. The minimum absolute atomic E-state index is 0.0158. The third-order valence-electron chi connectivity index (χ3n) is 7.06. The van der Waals surface area contributed by atoms with Gasteiger partial charge in [-0.1, -0.05) is 54.3 Å². The van der Waals surface area contributed by atoms with Gasteiger partial charge >= 0.3 is 0 Å². The van der Waals surface area contributed by atoms with Crippen molar-refractivity contribution in [2.24, 2.45) is 0 Å². The number of phenolic OH excluding ortho intramolecular Hbond substituents is 1. The van der Waals surface area contributed by atoms with E-state index < -0.39 is 6.04 Å². The lowest BCUT2D eigenvalue weighted by Crippen LogP contribution is -2.48. The number of nitrogens with one attached hydrogen (secondary N) is 1. The van der Waals surface area contributed by atoms with Crippen LogP contribution in [0, 0.1) is 0 Å². The summed E-state index contributed by atoms with van der Waals surface area (Å²) in [6.07, 6.45) is 4.98. The third kappa shape index (κ3) is 5.83. The first-order chi connectivity index (χ1) is 18.9. The van der Waals surface area contributed by atoms with Gasteiger partial charge in [-0.2, -0.15) is 0 Å². The Morgan fingerprint density at radius 2 is 1.85 bits per heavy atom. The van der Waals surface area contributed by atoms with E-state index in [9.17, 15) is 14.7 Å². The molecule has 1 aliphatic carbocycles. The Morgan fingerprint density at radius 3 is 2.56 bits per heavy atom. The second-order valence-corrected chi connectivity index (χ2v) is 10.1. The number of fused-ring (bicyclic) bond motifs is 1. The van der Waals surface area contributed by atoms with E-state index in [4.69, 9.17) is 16.3 Å². The second-order valence-electron chi connectivity index (χ2n) is 9.65. The normalized spacial score (nSPS) is 14.6. The Balaban J connectivity index is 1.58. The molecule has 0 saturated heterocycles. The molecule has 39 heavy (non-hydrogen) atoms. The van der Waals surface area contributed by atoms with Crippen LogP contribution in [0.1, 0.15) is 43.7 Å². The minimum Gasteiger partial charge on any atom is -0.504 e. The van der Waals surface area contributed by atoms with Gasteiger partial charge in [0.05, 0.1) is 12.6 Å². The fourth-order valence-corrected chi connectivity index (χ4v) is 5.23. The summed E-state index contributed by atoms with van der Waals surface area (Å²) in [5, 5.41) is 22.6. The van der Waals surface area contributed by atoms with Crippen molar-refractivity contribution in [1.29, 1.82) is 0 Å². The number of carbonyl (C=O) groups excluding carboxylic acids is 2. The summed E-state index contributed by atoms with van der Waals surface area (Å²) in [7, 11) is 1.45. The lowest BCUT2D eigenvalue weighted by Gasteiger charge is -2.33. The number of nitrogens with zero attached hydrogens (tertiary/aromatic N) is 4. The van der Waals surface area contributed by atoms with Gasteiger partial charge in [0.1, 0.15) is 18.1 Å². The zero-order valence-corrected chi connectivity index (χ0v) is 22.3. The molecule has 0 spiro atoms. The van der Waals surface area contributed by atoms with Gasteiger partial charge in [0, 0.05) is 16.8 Å². The second kappa shape index (κ2) is 11.7. The van der Waals surface area contributed by atoms with Crippen molar-refractivity contribution in [3.63, 3.8) is 0 Å². The van der Waals surface area contributed by atoms with Crippen LogP contribution in [0.5, 0.6) is 11.5 Å². The zero-order chi connectivity index (χ0) is 27.4. The molecule has 9 nitrogen and oxygen atoms in total. The molecule has 0 unspecified atom stereocenters. The van der Waals surface area contributed by atoms with Crippen LogP contribution in [-0.4, -0.2) is 45.1 Å². The number of halogens is 1. The summed E-state index contributed by atoms with van der Waals surface area (Å²) in [5.74, 6) is -0.579. The van der Waals surface area contributed by atoms with E-state index in [1.165, 1.54) is 22.8 Å². The van der Waals surface area contributed by atoms with Gasteiger partial charge in [-0.05, 0) is 66.9 Å². The molecule has 1 aromatic heterocycles. The number of phenols is 1. The number of carbonyl (C=O) groups is 2. The Morgan fingerprint density at radius 1 is 1.10 bits per heavy atom. The molecular weight excluding hydrogens is 518 g/mol. The summed E-state index contributed by atoms with van der Waals surface area (Å²) in [4.78, 5) is 29.5. The first-order valence-electron chi connectivity index (χ1n) is 13.0. The van der Waals surface area contributed by atoms with Crippen LogP contribution in [-0.2, 0) is 16.1 Å². The average Bonchev–Trinajstić information content (AvgIpc) is 3.35. The van der Waals surface area contributed by atoms with Crippen LogP contribution in [0.3, 0.4) is 0 Å². The van der Waals surface area contributed by atoms with Crippen LogP contribution < -0.4 is 15.0 Å². The van der Waals surface area contributed by atoms with E-state index in [2.05, 4.69) is 15.6 Å². The molecule has 1 atom stereocenters. The summed E-state index contributed by atoms with van der Waals surface area (Å²) >= 11 is 6.17. The molecule has 0 radical (unpaired) electrons. The van der Waals surface area contributed by atoms with Gasteiger partial charge < -0.3 is 15.2 Å². The van der Waals surface area contributed by atoms with Gasteiger partial charge in [0.2, 0.25) is 11.8 Å². The molecule has 3 aromatic carbocycles. The van der Waals surface area contributed by atoms with Crippen LogP contribution in [0.4, 0.5) is 5.69 Å². The number of para-hydroxylation sites is 1. The highest BCUT2D eigenvalue weighted by Gasteiger charge is 2.35. The van der Waals surface area contributed by atoms with E-state index in [0.717, 1.165) is 32.1 Å². The number of aromatic nitrogens is 3. The predicted molar refractivity (Wildman–Crippen MR) is 149 cm³/mol. The van der Waals surface area contributed by atoms with E-state index >= 15 is 0 Å². The van der Waals surface area contributed by atoms with E-state index in [0.29, 0.717) is 27.3 Å². The Labute approximate surface area is 231 Å². The summed E-state index contributed by atoms with van der Waals surface area (Å²) in [6.45, 7) is -0.154. The Hall–Kier alpha value is -4.11. The van der Waals surface area contributed by atoms with E-state index in [-0.39, 0.29) is 35.9 Å². The average molecular weight is 548 g/mol. The molecule has 4 aromatic rings. The van der Waals surface area contributed by atoms with E-state index in [1.807, 2.05) is 24.3 Å². The predicted octanol–water partition coefficient (Wildman–Crippen LogP) is 5.02. The van der Waals surface area contributed by atoms with E-state index in [1.54, 1.807) is 36.4 Å². The molecule has 1 fully saturated rings. The molecule has 1 heterocycles. The number of amides is 2. The number of methoxy groups -OCH3 is 1. The van der Waals surface area contributed by atoms with Crippen LogP contribution in [0.2, 0.25) is 5.02 Å². The number of aromatic hydroxyl groups is 1. The zero-order valence-electron chi connectivity index (χ0n) is 21.6. The van der Waals surface area contributed by atoms with Crippen molar-refractivity contribution in [2.75, 3.05) is 12.0 Å². The molecular formula is C29H30ClN5O4. The van der Waals surface area contributed by atoms with Gasteiger partial charge in [-0.15, -0.1) is 5.10 Å². The van der Waals surface area contributed by atoms with Crippen molar-refractivity contribution in [3.05, 3.63) is 77.3 Å². The fraction of sp³-hybridized carbons (Fsp3) is 0.310. The number of benzene rings is 3. The molecule has 10 heteroatoms. The van der Waals surface area contributed by atoms with Crippen LogP contribution in [0.25, 0.3) is 11.0 Å². The van der Waals surface area contributed by atoms with Gasteiger partial charge in [0.15, 0.2) is 11.5 Å². The van der Waals surface area contributed by atoms with Gasteiger partial charge in [-0.25, -0.2) is 4.68 Å². The molecule has 1 aliphatic rings. The largest absolute Gasteiger partial charge is 0.504 e. The third-order valence-corrected chi connectivity index (χ3v) is 7.31. The highest BCUT2D eigenvalue weighted by atomic mass is 35.5. The SMILES string of the molecule is COc1ccc([C@@H](C(=O)NC2CCCCC2)N(C(=O)Cn2nnc3ccccc32)c2ccc(Cl)cc2)cc1O. The molecule has 0 aliphatic heterocycles. The maximum atomic E-state index is 14.1. The molecule has 1 saturated carbocycles. The molecule has 0 bridgehead atoms. The Bertz CT molecular complexity index is 1470. The molecule has 2 amide bonds. The smallest absolute Gasteiger partial charge is 0.249 e.